The van der Waals surface area contributed by atoms with Gasteiger partial charge in [-0.25, -0.2) is 0 Å². The van der Waals surface area contributed by atoms with Crippen molar-refractivity contribution >= 4 is 17.7 Å². The summed E-state index contributed by atoms with van der Waals surface area (Å²) in [6.07, 6.45) is 2.42. The first kappa shape index (κ1) is 13.0. The van der Waals surface area contributed by atoms with Crippen molar-refractivity contribution in [1.82, 2.24) is 10.2 Å². The summed E-state index contributed by atoms with van der Waals surface area (Å²) in [5.74, 6) is 1.21. The predicted molar refractivity (Wildman–Crippen MR) is 78.6 cm³/mol. The number of carbonyl (C=O) groups excluding carboxylic acids is 1. The van der Waals surface area contributed by atoms with Crippen LogP contribution in [0.25, 0.3) is 0 Å². The van der Waals surface area contributed by atoms with Gasteiger partial charge < -0.3 is 10.2 Å². The van der Waals surface area contributed by atoms with E-state index < -0.39 is 0 Å². The van der Waals surface area contributed by atoms with Crippen molar-refractivity contribution in [2.75, 3.05) is 25.9 Å². The molecule has 1 fully saturated rings. The number of benzene rings is 1. The maximum absolute atomic E-state index is 12.6. The summed E-state index contributed by atoms with van der Waals surface area (Å²) in [4.78, 5) is 15.8. The number of hydrogen-bond acceptors (Lipinski definition) is 3. The van der Waals surface area contributed by atoms with Gasteiger partial charge in [-0.3, -0.25) is 4.79 Å². The molecule has 4 heteroatoms. The Morgan fingerprint density at radius 3 is 3.11 bits per heavy atom. The van der Waals surface area contributed by atoms with Crippen LogP contribution in [-0.2, 0) is 4.79 Å². The highest BCUT2D eigenvalue weighted by molar-refractivity contribution is 7.99. The molecule has 3 nitrogen and oxygen atoms in total. The fourth-order valence-electron chi connectivity index (χ4n) is 2.97. The SMILES string of the molecule is CN(CC1CCCN1)C(=O)C1CSc2ccccc21. The van der Waals surface area contributed by atoms with E-state index in [2.05, 4.69) is 17.4 Å². The lowest BCUT2D eigenvalue weighted by Gasteiger charge is -2.24. The Kier molecular flexibility index (Phi) is 3.80. The summed E-state index contributed by atoms with van der Waals surface area (Å²) >= 11 is 1.80. The number of likely N-dealkylation sites (N-methyl/N-ethyl adjacent to an activating group) is 1. The Hall–Kier alpha value is -1.00. The third-order valence-electron chi connectivity index (χ3n) is 4.03. The van der Waals surface area contributed by atoms with Gasteiger partial charge in [-0.15, -0.1) is 11.8 Å². The summed E-state index contributed by atoms with van der Waals surface area (Å²) < 4.78 is 0. The quantitative estimate of drug-likeness (QED) is 0.917. The minimum absolute atomic E-state index is 0.0487. The van der Waals surface area contributed by atoms with Crippen molar-refractivity contribution in [3.63, 3.8) is 0 Å². The second-order valence-electron chi connectivity index (χ2n) is 5.41. The van der Waals surface area contributed by atoms with Crippen molar-refractivity contribution < 1.29 is 4.79 Å². The number of rotatable bonds is 3. The van der Waals surface area contributed by atoms with Gasteiger partial charge in [0.15, 0.2) is 0 Å². The Labute approximate surface area is 118 Å². The molecule has 1 aromatic rings. The van der Waals surface area contributed by atoms with Crippen LogP contribution >= 0.6 is 11.8 Å². The van der Waals surface area contributed by atoms with E-state index >= 15 is 0 Å². The Morgan fingerprint density at radius 1 is 1.47 bits per heavy atom. The molecule has 2 aliphatic heterocycles. The summed E-state index contributed by atoms with van der Waals surface area (Å²) in [5.41, 5.74) is 1.21. The highest BCUT2D eigenvalue weighted by atomic mass is 32.2. The molecule has 2 unspecified atom stereocenters. The van der Waals surface area contributed by atoms with E-state index in [0.717, 1.165) is 18.8 Å². The van der Waals surface area contributed by atoms with Gasteiger partial charge in [0.05, 0.1) is 5.92 Å². The minimum atomic E-state index is 0.0487. The average molecular weight is 276 g/mol. The van der Waals surface area contributed by atoms with Crippen LogP contribution in [0.1, 0.15) is 24.3 Å². The molecule has 1 saturated heterocycles. The molecule has 1 aromatic carbocycles. The molecule has 2 atom stereocenters. The van der Waals surface area contributed by atoms with Gasteiger partial charge in [-0.1, -0.05) is 18.2 Å². The van der Waals surface area contributed by atoms with Crippen LogP contribution in [0.4, 0.5) is 0 Å². The second-order valence-corrected chi connectivity index (χ2v) is 6.48. The molecule has 0 bridgehead atoms. The van der Waals surface area contributed by atoms with Crippen LogP contribution in [0.3, 0.4) is 0 Å². The van der Waals surface area contributed by atoms with Gasteiger partial charge in [-0.2, -0.15) is 0 Å². The number of carbonyl (C=O) groups is 1. The fourth-order valence-corrected chi connectivity index (χ4v) is 4.19. The molecule has 0 radical (unpaired) electrons. The number of fused-ring (bicyclic) bond motifs is 1. The number of amides is 1. The van der Waals surface area contributed by atoms with Crippen molar-refractivity contribution in [2.45, 2.75) is 29.7 Å². The first-order valence-electron chi connectivity index (χ1n) is 6.96. The number of nitrogens with one attached hydrogen (secondary N) is 1. The molecule has 0 aliphatic carbocycles. The lowest BCUT2D eigenvalue weighted by Crippen LogP contribution is -2.40. The van der Waals surface area contributed by atoms with E-state index in [9.17, 15) is 4.79 Å². The summed E-state index contributed by atoms with van der Waals surface area (Å²) in [6.45, 7) is 1.93. The standard InChI is InChI=1S/C15H20N2OS/c1-17(9-11-5-4-8-16-11)15(18)13-10-19-14-7-3-2-6-12(13)14/h2-3,6-7,11,13,16H,4-5,8-10H2,1H3. The van der Waals surface area contributed by atoms with Gasteiger partial charge >= 0.3 is 0 Å². The van der Waals surface area contributed by atoms with Crippen LogP contribution < -0.4 is 5.32 Å². The Bertz CT molecular complexity index is 471. The number of nitrogens with zero attached hydrogens (tertiary/aromatic N) is 1. The number of hydrogen-bond donors (Lipinski definition) is 1. The highest BCUT2D eigenvalue weighted by Gasteiger charge is 2.31. The number of thioether (sulfide) groups is 1. The van der Waals surface area contributed by atoms with Crippen LogP contribution in [0.2, 0.25) is 0 Å². The molecule has 0 aromatic heterocycles. The van der Waals surface area contributed by atoms with Gasteiger partial charge in [-0.05, 0) is 31.0 Å². The summed E-state index contributed by atoms with van der Waals surface area (Å²) in [6, 6.07) is 8.78. The van der Waals surface area contributed by atoms with Gasteiger partial charge in [0.25, 0.3) is 0 Å². The van der Waals surface area contributed by atoms with Crippen LogP contribution in [0.5, 0.6) is 0 Å². The van der Waals surface area contributed by atoms with Crippen molar-refractivity contribution in [1.29, 1.82) is 0 Å². The molecule has 2 heterocycles. The van der Waals surface area contributed by atoms with Crippen molar-refractivity contribution in [2.24, 2.45) is 0 Å². The Balaban J connectivity index is 1.67. The van der Waals surface area contributed by atoms with E-state index in [1.54, 1.807) is 11.8 Å². The Morgan fingerprint density at radius 2 is 2.32 bits per heavy atom. The third-order valence-corrected chi connectivity index (χ3v) is 5.21. The third kappa shape index (κ3) is 2.65. The van der Waals surface area contributed by atoms with Gasteiger partial charge in [0.2, 0.25) is 5.91 Å². The van der Waals surface area contributed by atoms with Crippen molar-refractivity contribution in [3.05, 3.63) is 29.8 Å². The molecular weight excluding hydrogens is 256 g/mol. The lowest BCUT2D eigenvalue weighted by atomic mass is 10.00. The average Bonchev–Trinajstić information content (AvgIpc) is 3.06. The first-order valence-corrected chi connectivity index (χ1v) is 7.94. The molecule has 19 heavy (non-hydrogen) atoms. The summed E-state index contributed by atoms with van der Waals surface area (Å²) in [5, 5.41) is 3.45. The van der Waals surface area contributed by atoms with Crippen LogP contribution in [0.15, 0.2) is 29.2 Å². The molecule has 0 saturated carbocycles. The van der Waals surface area contributed by atoms with Crippen molar-refractivity contribution in [3.8, 4) is 0 Å². The van der Waals surface area contributed by atoms with E-state index in [0.29, 0.717) is 6.04 Å². The topological polar surface area (TPSA) is 32.3 Å². The smallest absolute Gasteiger partial charge is 0.230 e. The monoisotopic (exact) mass is 276 g/mol. The van der Waals surface area contributed by atoms with Crippen LogP contribution in [0, 0.1) is 0 Å². The van der Waals surface area contributed by atoms with E-state index in [-0.39, 0.29) is 11.8 Å². The van der Waals surface area contributed by atoms with E-state index in [4.69, 9.17) is 0 Å². The van der Waals surface area contributed by atoms with E-state index in [1.807, 2.05) is 24.1 Å². The highest BCUT2D eigenvalue weighted by Crippen LogP contribution is 2.40. The molecule has 3 rings (SSSR count). The zero-order valence-corrected chi connectivity index (χ0v) is 12.1. The second kappa shape index (κ2) is 5.55. The minimum Gasteiger partial charge on any atom is -0.344 e. The summed E-state index contributed by atoms with van der Waals surface area (Å²) in [7, 11) is 1.94. The molecule has 0 spiro atoms. The molecule has 1 amide bonds. The first-order chi connectivity index (χ1) is 9.25. The molecule has 102 valence electrons. The maximum Gasteiger partial charge on any atom is 0.230 e. The zero-order chi connectivity index (χ0) is 13.2. The van der Waals surface area contributed by atoms with Gasteiger partial charge in [0.1, 0.15) is 0 Å². The molecule has 2 aliphatic rings. The largest absolute Gasteiger partial charge is 0.344 e. The zero-order valence-electron chi connectivity index (χ0n) is 11.3. The molecule has 1 N–H and O–H groups in total. The predicted octanol–water partition coefficient (Wildman–Crippen LogP) is 2.09. The lowest BCUT2D eigenvalue weighted by molar-refractivity contribution is -0.131. The van der Waals surface area contributed by atoms with Gasteiger partial charge in [0, 0.05) is 30.3 Å². The maximum atomic E-state index is 12.6. The van der Waals surface area contributed by atoms with E-state index in [1.165, 1.54) is 23.3 Å². The normalized spacial score (nSPS) is 25.3. The van der Waals surface area contributed by atoms with Crippen LogP contribution in [-0.4, -0.2) is 42.7 Å². The fraction of sp³-hybridized carbons (Fsp3) is 0.533. The molecular formula is C15H20N2OS.